The minimum absolute atomic E-state index is 0.239. The first-order valence-electron chi connectivity index (χ1n) is 7.94. The third kappa shape index (κ3) is 6.00. The van der Waals surface area contributed by atoms with E-state index in [-0.39, 0.29) is 12.5 Å². The lowest BCUT2D eigenvalue weighted by atomic mass is 10.1. The molecular formula is C19H19BrN2O4. The van der Waals surface area contributed by atoms with Gasteiger partial charge in [-0.1, -0.05) is 46.3 Å². The molecule has 2 rings (SSSR count). The van der Waals surface area contributed by atoms with E-state index in [1.54, 1.807) is 24.3 Å². The summed E-state index contributed by atoms with van der Waals surface area (Å²) in [6.07, 6.45) is 0.305. The highest BCUT2D eigenvalue weighted by atomic mass is 79.9. The highest BCUT2D eigenvalue weighted by molar-refractivity contribution is 9.10. The number of hydrogen-bond acceptors (Lipinski definition) is 4. The number of amides is 2. The number of hydrogen-bond donors (Lipinski definition) is 2. The smallest absolute Gasteiger partial charge is 0.328 e. The van der Waals surface area contributed by atoms with Crippen LogP contribution < -0.4 is 10.6 Å². The standard InChI is InChI=1S/C19H19BrN2O4/c1-26-19(25)16(11-13-5-3-2-4-6-13)22-17(23)12-21-18(24)14-7-9-15(20)10-8-14/h2-10,16H,11-12H2,1H3,(H,21,24)(H,22,23). The van der Waals surface area contributed by atoms with Crippen LogP contribution in [0.4, 0.5) is 0 Å². The van der Waals surface area contributed by atoms with Gasteiger partial charge in [-0.25, -0.2) is 4.79 Å². The van der Waals surface area contributed by atoms with Gasteiger partial charge in [0.2, 0.25) is 5.91 Å². The van der Waals surface area contributed by atoms with Gasteiger partial charge >= 0.3 is 5.97 Å². The van der Waals surface area contributed by atoms with Gasteiger partial charge in [0.1, 0.15) is 6.04 Å². The van der Waals surface area contributed by atoms with Crippen LogP contribution in [0.1, 0.15) is 15.9 Å². The number of esters is 1. The number of carbonyl (C=O) groups excluding carboxylic acids is 3. The van der Waals surface area contributed by atoms with E-state index in [0.29, 0.717) is 12.0 Å². The van der Waals surface area contributed by atoms with Crippen molar-refractivity contribution in [2.45, 2.75) is 12.5 Å². The second-order valence-corrected chi connectivity index (χ2v) is 6.44. The molecule has 0 saturated carbocycles. The largest absolute Gasteiger partial charge is 0.467 e. The van der Waals surface area contributed by atoms with E-state index in [0.717, 1.165) is 10.0 Å². The zero-order chi connectivity index (χ0) is 18.9. The van der Waals surface area contributed by atoms with Crippen LogP contribution in [-0.2, 0) is 20.7 Å². The molecule has 2 aromatic carbocycles. The average molecular weight is 419 g/mol. The topological polar surface area (TPSA) is 84.5 Å². The van der Waals surface area contributed by atoms with E-state index in [9.17, 15) is 14.4 Å². The van der Waals surface area contributed by atoms with Crippen molar-refractivity contribution in [3.8, 4) is 0 Å². The summed E-state index contributed by atoms with van der Waals surface area (Å²) in [6.45, 7) is -0.239. The molecular weight excluding hydrogens is 400 g/mol. The molecule has 0 aliphatic heterocycles. The van der Waals surface area contributed by atoms with Crippen LogP contribution >= 0.6 is 15.9 Å². The lowest BCUT2D eigenvalue weighted by Crippen LogP contribution is -2.47. The van der Waals surface area contributed by atoms with Crippen LogP contribution in [-0.4, -0.2) is 37.5 Å². The molecule has 1 atom stereocenters. The Bertz CT molecular complexity index is 763. The van der Waals surface area contributed by atoms with Crippen molar-refractivity contribution in [2.24, 2.45) is 0 Å². The Balaban J connectivity index is 1.91. The summed E-state index contributed by atoms with van der Waals surface area (Å²) >= 11 is 3.29. The average Bonchev–Trinajstić information content (AvgIpc) is 2.66. The number of methoxy groups -OCH3 is 1. The summed E-state index contributed by atoms with van der Waals surface area (Å²) in [5.74, 6) is -1.38. The summed E-state index contributed by atoms with van der Waals surface area (Å²) in [4.78, 5) is 36.1. The van der Waals surface area contributed by atoms with E-state index in [4.69, 9.17) is 4.74 Å². The van der Waals surface area contributed by atoms with Crippen LogP contribution in [0.5, 0.6) is 0 Å². The van der Waals surface area contributed by atoms with Crippen molar-refractivity contribution < 1.29 is 19.1 Å². The van der Waals surface area contributed by atoms with Gasteiger partial charge in [-0.2, -0.15) is 0 Å². The zero-order valence-electron chi connectivity index (χ0n) is 14.2. The van der Waals surface area contributed by atoms with Crippen molar-refractivity contribution in [1.82, 2.24) is 10.6 Å². The van der Waals surface area contributed by atoms with Gasteiger partial charge in [0, 0.05) is 16.5 Å². The maximum absolute atomic E-state index is 12.1. The van der Waals surface area contributed by atoms with Crippen molar-refractivity contribution >= 4 is 33.7 Å². The molecule has 0 heterocycles. The van der Waals surface area contributed by atoms with E-state index in [1.165, 1.54) is 7.11 Å². The van der Waals surface area contributed by atoms with Crippen LogP contribution in [0.25, 0.3) is 0 Å². The van der Waals surface area contributed by atoms with Crippen molar-refractivity contribution in [3.05, 3.63) is 70.2 Å². The van der Waals surface area contributed by atoms with Gasteiger partial charge in [0.15, 0.2) is 0 Å². The van der Waals surface area contributed by atoms with Gasteiger partial charge in [-0.3, -0.25) is 9.59 Å². The maximum atomic E-state index is 12.1. The molecule has 26 heavy (non-hydrogen) atoms. The second-order valence-electron chi connectivity index (χ2n) is 5.52. The molecule has 0 saturated heterocycles. The maximum Gasteiger partial charge on any atom is 0.328 e. The number of halogens is 1. The van der Waals surface area contributed by atoms with Crippen LogP contribution in [0.2, 0.25) is 0 Å². The summed E-state index contributed by atoms with van der Waals surface area (Å²) in [6, 6.07) is 15.2. The van der Waals surface area contributed by atoms with Crippen LogP contribution in [0, 0.1) is 0 Å². The highest BCUT2D eigenvalue weighted by Gasteiger charge is 2.22. The highest BCUT2D eigenvalue weighted by Crippen LogP contribution is 2.10. The molecule has 1 unspecified atom stereocenters. The number of benzene rings is 2. The fraction of sp³-hybridized carbons (Fsp3) is 0.211. The molecule has 2 aromatic rings. The van der Waals surface area contributed by atoms with Crippen molar-refractivity contribution in [1.29, 1.82) is 0 Å². The zero-order valence-corrected chi connectivity index (χ0v) is 15.8. The number of ether oxygens (including phenoxy) is 1. The van der Waals surface area contributed by atoms with Gasteiger partial charge in [0.05, 0.1) is 13.7 Å². The molecule has 2 N–H and O–H groups in total. The van der Waals surface area contributed by atoms with Crippen LogP contribution in [0.15, 0.2) is 59.1 Å². The second kappa shape index (κ2) is 9.72. The third-order valence-electron chi connectivity index (χ3n) is 3.62. The summed E-state index contributed by atoms with van der Waals surface area (Å²) < 4.78 is 5.60. The van der Waals surface area contributed by atoms with E-state index in [1.807, 2.05) is 30.3 Å². The number of nitrogens with one attached hydrogen (secondary N) is 2. The van der Waals surface area contributed by atoms with Crippen molar-refractivity contribution in [2.75, 3.05) is 13.7 Å². The van der Waals surface area contributed by atoms with Gasteiger partial charge < -0.3 is 15.4 Å². The molecule has 0 aliphatic carbocycles. The fourth-order valence-electron chi connectivity index (χ4n) is 2.29. The third-order valence-corrected chi connectivity index (χ3v) is 4.15. The van der Waals surface area contributed by atoms with Crippen molar-refractivity contribution in [3.63, 3.8) is 0 Å². The predicted octanol–water partition coefficient (Wildman–Crippen LogP) is 2.08. The first-order valence-corrected chi connectivity index (χ1v) is 8.74. The van der Waals surface area contributed by atoms with Gasteiger partial charge in [-0.05, 0) is 29.8 Å². The van der Waals surface area contributed by atoms with Gasteiger partial charge in [-0.15, -0.1) is 0 Å². The molecule has 6 nitrogen and oxygen atoms in total. The molecule has 136 valence electrons. The van der Waals surface area contributed by atoms with E-state index < -0.39 is 17.9 Å². The Morgan fingerprint density at radius 1 is 1.04 bits per heavy atom. The van der Waals surface area contributed by atoms with Crippen LogP contribution in [0.3, 0.4) is 0 Å². The van der Waals surface area contributed by atoms with E-state index in [2.05, 4.69) is 26.6 Å². The quantitative estimate of drug-likeness (QED) is 0.674. The first kappa shape index (κ1) is 19.7. The molecule has 0 aromatic heterocycles. The Labute approximate surface area is 160 Å². The normalized spacial score (nSPS) is 11.3. The first-order chi connectivity index (χ1) is 12.5. The Morgan fingerprint density at radius 3 is 2.31 bits per heavy atom. The predicted molar refractivity (Wildman–Crippen MR) is 101 cm³/mol. The molecule has 7 heteroatoms. The molecule has 0 fully saturated rings. The lowest BCUT2D eigenvalue weighted by Gasteiger charge is -2.17. The minimum Gasteiger partial charge on any atom is -0.467 e. The monoisotopic (exact) mass is 418 g/mol. The molecule has 0 aliphatic rings. The van der Waals surface area contributed by atoms with E-state index >= 15 is 0 Å². The number of rotatable bonds is 7. The van der Waals surface area contributed by atoms with Gasteiger partial charge in [0.25, 0.3) is 5.91 Å². The summed E-state index contributed by atoms with van der Waals surface area (Å²) in [7, 11) is 1.27. The Hall–Kier alpha value is -2.67. The molecule has 0 bridgehead atoms. The summed E-state index contributed by atoms with van der Waals surface area (Å²) in [5.41, 5.74) is 1.33. The molecule has 0 spiro atoms. The molecule has 2 amide bonds. The SMILES string of the molecule is COC(=O)C(Cc1ccccc1)NC(=O)CNC(=O)c1ccc(Br)cc1. The minimum atomic E-state index is -0.820. The molecule has 0 radical (unpaired) electrons. The summed E-state index contributed by atoms with van der Waals surface area (Å²) in [5, 5.41) is 5.12. The Kier molecular flexibility index (Phi) is 7.35. The Morgan fingerprint density at radius 2 is 1.69 bits per heavy atom. The number of carbonyl (C=O) groups is 3. The fourth-order valence-corrected chi connectivity index (χ4v) is 2.56. The lowest BCUT2D eigenvalue weighted by molar-refractivity contribution is -0.144.